The van der Waals surface area contributed by atoms with E-state index in [1.54, 1.807) is 12.1 Å². The molecule has 2 aliphatic rings. The molecule has 27 heavy (non-hydrogen) atoms. The summed E-state index contributed by atoms with van der Waals surface area (Å²) in [7, 11) is 0. The van der Waals surface area contributed by atoms with E-state index in [-0.39, 0.29) is 5.75 Å². The van der Waals surface area contributed by atoms with Crippen LogP contribution in [-0.4, -0.2) is 12.3 Å². The summed E-state index contributed by atoms with van der Waals surface area (Å²) in [5, 5.41) is 0. The molecule has 1 aromatic carbocycles. The molecule has 0 N–H and O–H groups in total. The highest BCUT2D eigenvalue weighted by Crippen LogP contribution is 2.46. The molecule has 0 bridgehead atoms. The van der Waals surface area contributed by atoms with E-state index in [9.17, 15) is 13.2 Å². The first-order chi connectivity index (χ1) is 13.0. The summed E-state index contributed by atoms with van der Waals surface area (Å²) < 4.78 is 43.7. The normalized spacial score (nSPS) is 32.1. The Labute approximate surface area is 161 Å². The number of allylic oxidation sites excluding steroid dienone is 2. The molecule has 0 heterocycles. The SMILES string of the molecule is C/C=C/CC1(F)CCC(C2CCC(c3ccc(OC(F)F)cc3)CC2)CC1. The molecule has 0 unspecified atom stereocenters. The third-order valence-corrected chi connectivity index (χ3v) is 6.66. The predicted molar refractivity (Wildman–Crippen MR) is 103 cm³/mol. The quantitative estimate of drug-likeness (QED) is 0.466. The zero-order chi connectivity index (χ0) is 19.3. The van der Waals surface area contributed by atoms with Crippen LogP contribution < -0.4 is 4.74 Å². The van der Waals surface area contributed by atoms with Crippen molar-refractivity contribution in [2.75, 3.05) is 0 Å². The first kappa shape index (κ1) is 20.3. The minimum Gasteiger partial charge on any atom is -0.435 e. The smallest absolute Gasteiger partial charge is 0.387 e. The lowest BCUT2D eigenvalue weighted by Crippen LogP contribution is -2.33. The molecule has 0 aromatic heterocycles. The number of rotatable bonds is 6. The van der Waals surface area contributed by atoms with Crippen LogP contribution in [0.4, 0.5) is 13.2 Å². The van der Waals surface area contributed by atoms with Gasteiger partial charge in [-0.2, -0.15) is 8.78 Å². The van der Waals surface area contributed by atoms with Gasteiger partial charge in [0.05, 0.1) is 0 Å². The molecule has 1 aromatic rings. The van der Waals surface area contributed by atoms with Crippen molar-refractivity contribution in [3.05, 3.63) is 42.0 Å². The topological polar surface area (TPSA) is 9.23 Å². The number of ether oxygens (including phenoxy) is 1. The van der Waals surface area contributed by atoms with Crippen LogP contribution in [0.25, 0.3) is 0 Å². The zero-order valence-electron chi connectivity index (χ0n) is 16.2. The van der Waals surface area contributed by atoms with Gasteiger partial charge in [0.1, 0.15) is 11.4 Å². The highest BCUT2D eigenvalue weighted by molar-refractivity contribution is 5.29. The van der Waals surface area contributed by atoms with E-state index in [4.69, 9.17) is 0 Å². The van der Waals surface area contributed by atoms with Gasteiger partial charge in [0.25, 0.3) is 0 Å². The molecule has 3 rings (SSSR count). The summed E-state index contributed by atoms with van der Waals surface area (Å²) in [5.74, 6) is 2.11. The number of halogens is 3. The van der Waals surface area contributed by atoms with Crippen molar-refractivity contribution in [2.45, 2.75) is 82.9 Å². The molecule has 2 aliphatic carbocycles. The van der Waals surface area contributed by atoms with Gasteiger partial charge in [0.2, 0.25) is 0 Å². The maximum Gasteiger partial charge on any atom is 0.387 e. The summed E-state index contributed by atoms with van der Waals surface area (Å²) in [5.41, 5.74) is 0.232. The van der Waals surface area contributed by atoms with Crippen LogP contribution in [0, 0.1) is 11.8 Å². The number of alkyl halides is 3. The van der Waals surface area contributed by atoms with Crippen molar-refractivity contribution in [1.82, 2.24) is 0 Å². The van der Waals surface area contributed by atoms with E-state index >= 15 is 0 Å². The molecule has 0 spiro atoms. The minimum atomic E-state index is -2.78. The fourth-order valence-corrected chi connectivity index (χ4v) is 5.01. The first-order valence-corrected chi connectivity index (χ1v) is 10.3. The molecule has 0 amide bonds. The van der Waals surface area contributed by atoms with Gasteiger partial charge in [-0.1, -0.05) is 24.3 Å². The lowest BCUT2D eigenvalue weighted by molar-refractivity contribution is -0.0498. The van der Waals surface area contributed by atoms with E-state index in [0.717, 1.165) is 25.7 Å². The van der Waals surface area contributed by atoms with Crippen LogP contribution >= 0.6 is 0 Å². The molecular formula is C23H31F3O. The van der Waals surface area contributed by atoms with Crippen molar-refractivity contribution in [3.8, 4) is 5.75 Å². The Balaban J connectivity index is 1.47. The third kappa shape index (κ3) is 5.52. The van der Waals surface area contributed by atoms with E-state index in [1.165, 1.54) is 18.4 Å². The first-order valence-electron chi connectivity index (χ1n) is 10.3. The van der Waals surface area contributed by atoms with Crippen LogP contribution in [0.1, 0.15) is 76.2 Å². The largest absolute Gasteiger partial charge is 0.435 e. The Kier molecular flexibility index (Phi) is 6.88. The van der Waals surface area contributed by atoms with Crippen molar-refractivity contribution >= 4 is 0 Å². The Morgan fingerprint density at radius 3 is 2.15 bits per heavy atom. The second kappa shape index (κ2) is 9.16. The number of benzene rings is 1. The average Bonchev–Trinajstić information content (AvgIpc) is 2.67. The molecule has 4 heteroatoms. The highest BCUT2D eigenvalue weighted by Gasteiger charge is 2.37. The Morgan fingerprint density at radius 1 is 1.00 bits per heavy atom. The van der Waals surface area contributed by atoms with Gasteiger partial charge in [0.15, 0.2) is 0 Å². The van der Waals surface area contributed by atoms with E-state index in [1.807, 2.05) is 31.2 Å². The Morgan fingerprint density at radius 2 is 1.59 bits per heavy atom. The van der Waals surface area contributed by atoms with Crippen molar-refractivity contribution < 1.29 is 17.9 Å². The Hall–Kier alpha value is -1.45. The second-order valence-electron chi connectivity index (χ2n) is 8.32. The van der Waals surface area contributed by atoms with Gasteiger partial charge in [-0.05, 0) is 100 Å². The predicted octanol–water partition coefficient (Wildman–Crippen LogP) is 7.43. The highest BCUT2D eigenvalue weighted by atomic mass is 19.3. The van der Waals surface area contributed by atoms with Gasteiger partial charge in [-0.15, -0.1) is 0 Å². The molecule has 150 valence electrons. The summed E-state index contributed by atoms with van der Waals surface area (Å²) >= 11 is 0. The third-order valence-electron chi connectivity index (χ3n) is 6.66. The average molecular weight is 380 g/mol. The fourth-order valence-electron chi connectivity index (χ4n) is 5.01. The van der Waals surface area contributed by atoms with Gasteiger partial charge >= 0.3 is 6.61 Å². The summed E-state index contributed by atoms with van der Waals surface area (Å²) in [6, 6.07) is 7.12. The van der Waals surface area contributed by atoms with Gasteiger partial charge in [-0.25, -0.2) is 4.39 Å². The maximum atomic E-state index is 14.8. The van der Waals surface area contributed by atoms with Gasteiger partial charge in [-0.3, -0.25) is 0 Å². The number of hydrogen-bond acceptors (Lipinski definition) is 1. The van der Waals surface area contributed by atoms with Crippen LogP contribution in [0.3, 0.4) is 0 Å². The van der Waals surface area contributed by atoms with Gasteiger partial charge < -0.3 is 4.74 Å². The van der Waals surface area contributed by atoms with Crippen LogP contribution in [-0.2, 0) is 0 Å². The van der Waals surface area contributed by atoms with Crippen molar-refractivity contribution in [1.29, 1.82) is 0 Å². The van der Waals surface area contributed by atoms with E-state index in [2.05, 4.69) is 4.74 Å². The molecular weight excluding hydrogens is 349 g/mol. The molecule has 0 saturated heterocycles. The Bertz CT molecular complexity index is 595. The second-order valence-corrected chi connectivity index (χ2v) is 8.32. The molecule has 0 aliphatic heterocycles. The molecule has 2 saturated carbocycles. The molecule has 0 atom stereocenters. The maximum absolute atomic E-state index is 14.8. The fraction of sp³-hybridized carbons (Fsp3) is 0.652. The standard InChI is InChI=1S/C23H31F3O/c1-2-3-14-23(26)15-12-20(13-16-23)18-6-4-17(5-7-18)19-8-10-21(11-9-19)27-22(24)25/h2-3,8-11,17-18,20,22H,4-7,12-16H2,1H3/b3-2+. The van der Waals surface area contributed by atoms with Crippen molar-refractivity contribution in [3.63, 3.8) is 0 Å². The monoisotopic (exact) mass is 380 g/mol. The van der Waals surface area contributed by atoms with Crippen LogP contribution in [0.2, 0.25) is 0 Å². The molecule has 0 radical (unpaired) electrons. The zero-order valence-corrected chi connectivity index (χ0v) is 16.2. The molecule has 1 nitrogen and oxygen atoms in total. The summed E-state index contributed by atoms with van der Waals surface area (Å²) in [6.07, 6.45) is 12.6. The van der Waals surface area contributed by atoms with Crippen LogP contribution in [0.5, 0.6) is 5.75 Å². The minimum absolute atomic E-state index is 0.220. The van der Waals surface area contributed by atoms with Crippen LogP contribution in [0.15, 0.2) is 36.4 Å². The summed E-state index contributed by atoms with van der Waals surface area (Å²) in [4.78, 5) is 0. The lowest BCUT2D eigenvalue weighted by Gasteiger charge is -2.40. The number of hydrogen-bond donors (Lipinski definition) is 0. The lowest BCUT2D eigenvalue weighted by atomic mass is 9.67. The van der Waals surface area contributed by atoms with E-state index in [0.29, 0.717) is 37.0 Å². The summed E-state index contributed by atoms with van der Waals surface area (Å²) in [6.45, 7) is -0.824. The van der Waals surface area contributed by atoms with Crippen molar-refractivity contribution in [2.24, 2.45) is 11.8 Å². The van der Waals surface area contributed by atoms with Gasteiger partial charge in [0, 0.05) is 0 Å². The van der Waals surface area contributed by atoms with E-state index < -0.39 is 12.3 Å². The molecule has 2 fully saturated rings.